The van der Waals surface area contributed by atoms with Crippen molar-refractivity contribution in [2.45, 2.75) is 0 Å². The van der Waals surface area contributed by atoms with Crippen LogP contribution in [-0.2, 0) is 0 Å². The van der Waals surface area contributed by atoms with Gasteiger partial charge in [-0.1, -0.05) is 0 Å². The summed E-state index contributed by atoms with van der Waals surface area (Å²) in [6, 6.07) is 14.6. The Morgan fingerprint density at radius 3 is 2.38 bits per heavy atom. The van der Waals surface area contributed by atoms with E-state index < -0.39 is 0 Å². The van der Waals surface area contributed by atoms with Crippen molar-refractivity contribution in [2.75, 3.05) is 0 Å². The van der Waals surface area contributed by atoms with Gasteiger partial charge in [0.1, 0.15) is 0 Å². The van der Waals surface area contributed by atoms with Crippen molar-refractivity contribution in [3.05, 3.63) is 48.7 Å². The van der Waals surface area contributed by atoms with Gasteiger partial charge >= 0.3 is 92.6 Å². The summed E-state index contributed by atoms with van der Waals surface area (Å²) in [4.78, 5) is 4.40. The van der Waals surface area contributed by atoms with Crippen molar-refractivity contribution in [2.24, 2.45) is 0 Å². The summed E-state index contributed by atoms with van der Waals surface area (Å²) >= 11 is 0.520. The van der Waals surface area contributed by atoms with Crippen molar-refractivity contribution in [3.8, 4) is 11.3 Å². The van der Waals surface area contributed by atoms with E-state index in [1.807, 2.05) is 18.3 Å². The third-order valence-electron chi connectivity index (χ3n) is 2.06. The fourth-order valence-corrected chi connectivity index (χ4v) is 3.13. The zero-order valence-corrected chi connectivity index (χ0v) is 13.3. The van der Waals surface area contributed by atoms with E-state index in [1.165, 1.54) is 14.6 Å². The van der Waals surface area contributed by atoms with E-state index in [-0.39, 0.29) is 0 Å². The van der Waals surface area contributed by atoms with Gasteiger partial charge < -0.3 is 0 Å². The van der Waals surface area contributed by atoms with E-state index in [2.05, 4.69) is 35.3 Å². The molecule has 0 radical (unpaired) electrons. The normalized spacial score (nSPS) is 9.85. The molecular weight excluding hydrogens is 261 g/mol. The molecule has 0 aliphatic heterocycles. The summed E-state index contributed by atoms with van der Waals surface area (Å²) in [6.07, 6.45) is 1.86. The Hall–Kier alpha value is -0.760. The van der Waals surface area contributed by atoms with Crippen molar-refractivity contribution in [3.63, 3.8) is 0 Å². The first kappa shape index (κ1) is 8.82. The van der Waals surface area contributed by atoms with Gasteiger partial charge in [-0.2, -0.15) is 0 Å². The number of aromatic nitrogens is 1. The Labute approximate surface area is 92.4 Å². The number of hydrogen-bond donors (Lipinski definition) is 0. The molecule has 0 N–H and O–H groups in total. The molecule has 0 aliphatic carbocycles. The molecule has 2 rings (SSSR count). The number of benzene rings is 1. The standard InChI is InChI=1S/C11H8N.In.2H/c1-2-6-10(7-3-1)11-8-4-5-9-12-11;;;/h1-7,9H;;;. The second-order valence-corrected chi connectivity index (χ2v) is 6.11. The van der Waals surface area contributed by atoms with Crippen molar-refractivity contribution in [1.82, 2.24) is 4.98 Å². The van der Waals surface area contributed by atoms with Gasteiger partial charge in [-0.25, -0.2) is 0 Å². The Morgan fingerprint density at radius 2 is 1.69 bits per heavy atom. The number of nitrogens with zero attached hydrogens (tertiary/aromatic N) is 1. The molecule has 0 fully saturated rings. The fraction of sp³-hybridized carbons (Fsp3) is 0. The molecule has 0 atom stereocenters. The zero-order valence-electron chi connectivity index (χ0n) is 7.57. The Balaban J connectivity index is 2.54. The van der Waals surface area contributed by atoms with Crippen LogP contribution in [0, 0.1) is 0 Å². The first-order valence-corrected chi connectivity index (χ1v) is 7.20. The molecule has 1 aromatic carbocycles. The van der Waals surface area contributed by atoms with E-state index in [9.17, 15) is 0 Å². The minimum atomic E-state index is 0.520. The Morgan fingerprint density at radius 1 is 0.923 bits per heavy atom. The Bertz CT molecular complexity index is 398. The van der Waals surface area contributed by atoms with Crippen LogP contribution < -0.4 is 3.32 Å². The van der Waals surface area contributed by atoms with Gasteiger partial charge in [-0.3, -0.25) is 0 Å². The third-order valence-corrected chi connectivity index (χ3v) is 4.36. The molecule has 0 spiro atoms. The van der Waals surface area contributed by atoms with E-state index in [1.54, 1.807) is 0 Å². The van der Waals surface area contributed by atoms with Crippen molar-refractivity contribution < 1.29 is 0 Å². The topological polar surface area (TPSA) is 12.9 Å². The third kappa shape index (κ3) is 1.94. The van der Waals surface area contributed by atoms with Crippen LogP contribution in [0.4, 0.5) is 0 Å². The van der Waals surface area contributed by atoms with Crippen molar-refractivity contribution >= 4 is 27.7 Å². The Kier molecular flexibility index (Phi) is 2.69. The van der Waals surface area contributed by atoms with Crippen molar-refractivity contribution in [1.29, 1.82) is 0 Å². The summed E-state index contributed by atoms with van der Waals surface area (Å²) < 4.78 is 1.43. The predicted molar refractivity (Wildman–Crippen MR) is 57.9 cm³/mol. The molecule has 2 aromatic rings. The van der Waals surface area contributed by atoms with Crippen LogP contribution in [0.25, 0.3) is 11.3 Å². The molecular formula is C11H10InN. The van der Waals surface area contributed by atoms with Crippen LogP contribution in [0.1, 0.15) is 0 Å². The van der Waals surface area contributed by atoms with Gasteiger partial charge in [0.2, 0.25) is 0 Å². The molecule has 1 aromatic heterocycles. The van der Waals surface area contributed by atoms with Crippen LogP contribution in [0.3, 0.4) is 0 Å². The summed E-state index contributed by atoms with van der Waals surface area (Å²) in [5.74, 6) is 0. The number of hydrogen-bond acceptors (Lipinski definition) is 1. The van der Waals surface area contributed by atoms with Crippen LogP contribution in [0.5, 0.6) is 0 Å². The van der Waals surface area contributed by atoms with E-state index >= 15 is 0 Å². The van der Waals surface area contributed by atoms with Gasteiger partial charge in [0.25, 0.3) is 0 Å². The first-order valence-electron chi connectivity index (χ1n) is 4.35. The second kappa shape index (κ2) is 3.97. The molecule has 2 heteroatoms. The molecule has 0 amide bonds. The summed E-state index contributed by atoms with van der Waals surface area (Å²) in [5.41, 5.74) is 2.40. The number of pyridine rings is 1. The first-order chi connectivity index (χ1) is 6.38. The zero-order chi connectivity index (χ0) is 9.10. The molecule has 1 nitrogen and oxygen atoms in total. The summed E-state index contributed by atoms with van der Waals surface area (Å²) in [5, 5.41) is 0. The van der Waals surface area contributed by atoms with Gasteiger partial charge in [-0.15, -0.1) is 0 Å². The van der Waals surface area contributed by atoms with Crippen LogP contribution in [0.2, 0.25) is 0 Å². The molecule has 0 bridgehead atoms. The predicted octanol–water partition coefficient (Wildman–Crippen LogP) is 1.01. The van der Waals surface area contributed by atoms with Crippen LogP contribution >= 0.6 is 0 Å². The SMILES string of the molecule is [InH2][c]1cccnc1-c1ccccc1. The fourth-order valence-electron chi connectivity index (χ4n) is 1.38. The molecule has 13 heavy (non-hydrogen) atoms. The molecule has 0 saturated carbocycles. The maximum atomic E-state index is 4.40. The van der Waals surface area contributed by atoms with Gasteiger partial charge in [-0.05, 0) is 0 Å². The molecule has 0 unspecified atom stereocenters. The van der Waals surface area contributed by atoms with E-state index in [0.717, 1.165) is 0 Å². The quantitative estimate of drug-likeness (QED) is 0.754. The average Bonchev–Trinajstić information content (AvgIpc) is 2.20. The summed E-state index contributed by atoms with van der Waals surface area (Å²) in [7, 11) is 0. The average molecular weight is 271 g/mol. The monoisotopic (exact) mass is 271 g/mol. The van der Waals surface area contributed by atoms with Crippen LogP contribution in [-0.4, -0.2) is 29.4 Å². The van der Waals surface area contributed by atoms with E-state index in [4.69, 9.17) is 0 Å². The van der Waals surface area contributed by atoms with Gasteiger partial charge in [0, 0.05) is 0 Å². The maximum absolute atomic E-state index is 4.40. The van der Waals surface area contributed by atoms with Gasteiger partial charge in [0.05, 0.1) is 0 Å². The van der Waals surface area contributed by atoms with Crippen LogP contribution in [0.15, 0.2) is 48.7 Å². The molecule has 0 aliphatic rings. The number of rotatable bonds is 1. The molecule has 62 valence electrons. The molecule has 1 heterocycles. The summed E-state index contributed by atoms with van der Waals surface area (Å²) in [6.45, 7) is 0. The molecule has 0 saturated heterocycles. The second-order valence-electron chi connectivity index (χ2n) is 3.03. The van der Waals surface area contributed by atoms with E-state index in [0.29, 0.717) is 24.4 Å². The van der Waals surface area contributed by atoms with Gasteiger partial charge in [0.15, 0.2) is 0 Å². The minimum absolute atomic E-state index is 0.520.